The Hall–Kier alpha value is -0.870. The Labute approximate surface area is 106 Å². The lowest BCUT2D eigenvalue weighted by atomic mass is 10.1. The van der Waals surface area contributed by atoms with Gasteiger partial charge in [0.15, 0.2) is 0 Å². The molecule has 1 aromatic carbocycles. The number of phenolic OH excluding ortho intramolecular Hbond substituents is 1. The van der Waals surface area contributed by atoms with Crippen LogP contribution in [0.1, 0.15) is 24.5 Å². The van der Waals surface area contributed by atoms with Crippen LogP contribution < -0.4 is 5.32 Å². The van der Waals surface area contributed by atoms with Crippen molar-refractivity contribution in [1.29, 1.82) is 0 Å². The second kappa shape index (κ2) is 6.77. The molecule has 17 heavy (non-hydrogen) atoms. The first-order valence-electron chi connectivity index (χ1n) is 5.82. The fourth-order valence-corrected chi connectivity index (χ4v) is 2.00. The lowest BCUT2D eigenvalue weighted by Crippen LogP contribution is -2.21. The van der Waals surface area contributed by atoms with Crippen LogP contribution in [-0.4, -0.2) is 27.4 Å². The number of phenols is 1. The Morgan fingerprint density at radius 2 is 2.18 bits per heavy atom. The quantitative estimate of drug-likeness (QED) is 0.764. The fourth-order valence-electron chi connectivity index (χ4n) is 1.55. The maximum Gasteiger partial charge on any atom is 0.120 e. The van der Waals surface area contributed by atoms with Crippen LogP contribution in [0.2, 0.25) is 0 Å². The molecule has 0 aliphatic carbocycles. The van der Waals surface area contributed by atoms with E-state index in [2.05, 4.69) is 5.32 Å². The SMILES string of the molecule is Cc1ccc(O)c(CNCCC(C)S(C)=O)c1. The van der Waals surface area contributed by atoms with Gasteiger partial charge in [0, 0.05) is 34.4 Å². The van der Waals surface area contributed by atoms with Crippen molar-refractivity contribution in [3.05, 3.63) is 29.3 Å². The molecular formula is C13H21NO2S. The Bertz CT molecular complexity index is 393. The van der Waals surface area contributed by atoms with Crippen LogP contribution in [0.5, 0.6) is 5.75 Å². The van der Waals surface area contributed by atoms with Crippen molar-refractivity contribution in [3.8, 4) is 5.75 Å². The van der Waals surface area contributed by atoms with Gasteiger partial charge < -0.3 is 10.4 Å². The summed E-state index contributed by atoms with van der Waals surface area (Å²) in [6.45, 7) is 5.46. The molecule has 4 heteroatoms. The maximum absolute atomic E-state index is 11.2. The first-order chi connectivity index (χ1) is 8.00. The van der Waals surface area contributed by atoms with E-state index in [0.717, 1.165) is 24.1 Å². The van der Waals surface area contributed by atoms with E-state index in [4.69, 9.17) is 0 Å². The van der Waals surface area contributed by atoms with Crippen molar-refractivity contribution in [3.63, 3.8) is 0 Å². The minimum Gasteiger partial charge on any atom is -0.508 e. The Balaban J connectivity index is 2.36. The number of nitrogens with one attached hydrogen (secondary N) is 1. The molecule has 2 unspecified atom stereocenters. The maximum atomic E-state index is 11.2. The van der Waals surface area contributed by atoms with Crippen LogP contribution in [0.25, 0.3) is 0 Å². The van der Waals surface area contributed by atoms with Gasteiger partial charge in [-0.15, -0.1) is 0 Å². The highest BCUT2D eigenvalue weighted by Gasteiger charge is 2.05. The molecule has 96 valence electrons. The lowest BCUT2D eigenvalue weighted by Gasteiger charge is -2.10. The third kappa shape index (κ3) is 4.88. The average molecular weight is 255 g/mol. The van der Waals surface area contributed by atoms with Gasteiger partial charge >= 0.3 is 0 Å². The minimum atomic E-state index is -0.756. The zero-order valence-corrected chi connectivity index (χ0v) is 11.5. The molecule has 2 N–H and O–H groups in total. The normalized spacial score (nSPS) is 14.5. The predicted octanol–water partition coefficient (Wildman–Crippen LogP) is 1.95. The van der Waals surface area contributed by atoms with Crippen molar-refractivity contribution in [2.75, 3.05) is 12.8 Å². The minimum absolute atomic E-state index is 0.216. The second-order valence-corrected chi connectivity index (χ2v) is 6.21. The molecule has 0 fully saturated rings. The summed E-state index contributed by atoms with van der Waals surface area (Å²) in [6, 6.07) is 5.58. The van der Waals surface area contributed by atoms with Crippen LogP contribution in [0.4, 0.5) is 0 Å². The van der Waals surface area contributed by atoms with Crippen LogP contribution in [0.15, 0.2) is 18.2 Å². The molecule has 0 saturated heterocycles. The fraction of sp³-hybridized carbons (Fsp3) is 0.538. The molecule has 0 aliphatic rings. The molecule has 0 saturated carbocycles. The Kier molecular flexibility index (Phi) is 5.65. The first kappa shape index (κ1) is 14.2. The zero-order valence-electron chi connectivity index (χ0n) is 10.7. The average Bonchev–Trinajstić information content (AvgIpc) is 2.28. The van der Waals surface area contributed by atoms with Crippen molar-refractivity contribution < 1.29 is 9.32 Å². The van der Waals surface area contributed by atoms with E-state index in [0.29, 0.717) is 12.3 Å². The van der Waals surface area contributed by atoms with Crippen LogP contribution in [0, 0.1) is 6.92 Å². The van der Waals surface area contributed by atoms with E-state index in [1.54, 1.807) is 12.3 Å². The summed E-state index contributed by atoms with van der Waals surface area (Å²) < 4.78 is 11.2. The largest absolute Gasteiger partial charge is 0.508 e. The monoisotopic (exact) mass is 255 g/mol. The van der Waals surface area contributed by atoms with Crippen molar-refractivity contribution >= 4 is 10.8 Å². The van der Waals surface area contributed by atoms with Gasteiger partial charge in [-0.3, -0.25) is 4.21 Å². The third-order valence-electron chi connectivity index (χ3n) is 2.84. The van der Waals surface area contributed by atoms with Gasteiger partial charge in [-0.05, 0) is 26.0 Å². The number of benzene rings is 1. The molecule has 2 atom stereocenters. The van der Waals surface area contributed by atoms with Crippen LogP contribution in [0.3, 0.4) is 0 Å². The topological polar surface area (TPSA) is 49.3 Å². The molecule has 1 aromatic rings. The number of aryl methyl sites for hydroxylation is 1. The van der Waals surface area contributed by atoms with Gasteiger partial charge in [-0.2, -0.15) is 0 Å². The van der Waals surface area contributed by atoms with Crippen molar-refractivity contribution in [1.82, 2.24) is 5.32 Å². The molecule has 0 aliphatic heterocycles. The van der Waals surface area contributed by atoms with E-state index in [9.17, 15) is 9.32 Å². The van der Waals surface area contributed by atoms with E-state index >= 15 is 0 Å². The first-order valence-corrected chi connectivity index (χ1v) is 7.44. The molecule has 0 radical (unpaired) electrons. The third-order valence-corrected chi connectivity index (χ3v) is 4.21. The number of rotatable bonds is 6. The van der Waals surface area contributed by atoms with Crippen molar-refractivity contribution in [2.45, 2.75) is 32.1 Å². The van der Waals surface area contributed by atoms with Crippen LogP contribution in [-0.2, 0) is 17.3 Å². The molecule has 0 heterocycles. The molecule has 0 amide bonds. The zero-order chi connectivity index (χ0) is 12.8. The highest BCUT2D eigenvalue weighted by molar-refractivity contribution is 7.84. The highest BCUT2D eigenvalue weighted by atomic mass is 32.2. The van der Waals surface area contributed by atoms with Gasteiger partial charge in [0.2, 0.25) is 0 Å². The summed E-state index contributed by atoms with van der Waals surface area (Å²) in [7, 11) is -0.756. The molecular weight excluding hydrogens is 234 g/mol. The molecule has 3 nitrogen and oxygen atoms in total. The summed E-state index contributed by atoms with van der Waals surface area (Å²) in [5.41, 5.74) is 2.05. The molecule has 0 spiro atoms. The highest BCUT2D eigenvalue weighted by Crippen LogP contribution is 2.17. The van der Waals surface area contributed by atoms with Gasteiger partial charge in [0.05, 0.1) is 0 Å². The Morgan fingerprint density at radius 3 is 2.82 bits per heavy atom. The summed E-state index contributed by atoms with van der Waals surface area (Å²) in [4.78, 5) is 0. The smallest absolute Gasteiger partial charge is 0.120 e. The lowest BCUT2D eigenvalue weighted by molar-refractivity contribution is 0.464. The van der Waals surface area contributed by atoms with E-state index in [1.165, 1.54) is 0 Å². The van der Waals surface area contributed by atoms with Gasteiger partial charge in [-0.25, -0.2) is 0 Å². The second-order valence-electron chi connectivity index (χ2n) is 4.41. The van der Waals surface area contributed by atoms with E-state index < -0.39 is 10.8 Å². The summed E-state index contributed by atoms with van der Waals surface area (Å²) >= 11 is 0. The molecule has 0 aromatic heterocycles. The predicted molar refractivity (Wildman–Crippen MR) is 72.7 cm³/mol. The van der Waals surface area contributed by atoms with Gasteiger partial charge in [-0.1, -0.05) is 24.6 Å². The van der Waals surface area contributed by atoms with Gasteiger partial charge in [0.1, 0.15) is 5.75 Å². The number of hydrogen-bond donors (Lipinski definition) is 2. The summed E-state index contributed by atoms with van der Waals surface area (Å²) in [5.74, 6) is 0.329. The van der Waals surface area contributed by atoms with E-state index in [-0.39, 0.29) is 5.25 Å². The molecule has 0 bridgehead atoms. The van der Waals surface area contributed by atoms with Gasteiger partial charge in [0.25, 0.3) is 0 Å². The molecule has 1 rings (SSSR count). The summed E-state index contributed by atoms with van der Waals surface area (Å²) in [5, 5.41) is 13.1. The number of hydrogen-bond acceptors (Lipinski definition) is 3. The van der Waals surface area contributed by atoms with Crippen LogP contribution >= 0.6 is 0 Å². The van der Waals surface area contributed by atoms with E-state index in [1.807, 2.05) is 26.0 Å². The summed E-state index contributed by atoms with van der Waals surface area (Å²) in [6.07, 6.45) is 2.62. The standard InChI is InChI=1S/C13H21NO2S/c1-10-4-5-13(15)12(8-10)9-14-7-6-11(2)17(3)16/h4-5,8,11,14-15H,6-7,9H2,1-3H3. The Morgan fingerprint density at radius 1 is 1.47 bits per heavy atom. The van der Waals surface area contributed by atoms with Crippen molar-refractivity contribution in [2.24, 2.45) is 0 Å². The number of aromatic hydroxyl groups is 1.